The zero-order valence-corrected chi connectivity index (χ0v) is 63.0. The van der Waals surface area contributed by atoms with Crippen molar-refractivity contribution in [3.63, 3.8) is 0 Å². The molecule has 4 N–H and O–H groups in total. The minimum absolute atomic E-state index is 0.0917. The molecule has 18 heteroatoms. The zero-order valence-electron chi connectivity index (χ0n) is 61.2. The maximum absolute atomic E-state index is 12.9. The van der Waals surface area contributed by atoms with Crippen LogP contribution in [0.1, 0.15) is 329 Å². The van der Waals surface area contributed by atoms with Crippen LogP contribution in [-0.2, 0) is 55.8 Å². The molecule has 0 rings (SSSR count). The molecule has 0 aliphatic heterocycles. The second kappa shape index (κ2) is 72.3. The van der Waals surface area contributed by atoms with E-state index < -0.39 is 91.5 Å². The van der Waals surface area contributed by atoms with Crippen LogP contribution >= 0.6 is 15.6 Å². The molecular formula is C79H140O16P2. The van der Waals surface area contributed by atoms with Crippen LogP contribution in [0.5, 0.6) is 0 Å². The summed E-state index contributed by atoms with van der Waals surface area (Å²) >= 11 is 0. The Hall–Kier alpha value is -3.53. The fourth-order valence-electron chi connectivity index (χ4n) is 10.4. The van der Waals surface area contributed by atoms with Crippen LogP contribution in [0.25, 0.3) is 0 Å². The molecule has 0 radical (unpaired) electrons. The summed E-state index contributed by atoms with van der Waals surface area (Å²) in [6.07, 6.45) is 81.9. The van der Waals surface area contributed by atoms with Gasteiger partial charge in [-0.05, 0) is 96.3 Å². The van der Waals surface area contributed by atoms with Gasteiger partial charge in [0.05, 0.1) is 26.4 Å². The van der Waals surface area contributed by atoms with E-state index in [4.69, 9.17) is 32.3 Å². The van der Waals surface area contributed by atoms with Crippen LogP contribution in [-0.4, -0.2) is 95.9 Å². The van der Waals surface area contributed by atoms with Crippen LogP contribution in [0.3, 0.4) is 0 Å². The number of unbranched alkanes of at least 4 members (excludes halogenated alkanes) is 34. The first-order chi connectivity index (χ1) is 47.2. The van der Waals surface area contributed by atoms with Crippen molar-refractivity contribution in [3.05, 3.63) is 97.2 Å². The minimum Gasteiger partial charge on any atom is -0.463 e. The molecule has 0 saturated carbocycles. The lowest BCUT2D eigenvalue weighted by Gasteiger charge is -2.21. The predicted octanol–water partition coefficient (Wildman–Crippen LogP) is 22.2. The van der Waals surface area contributed by atoms with E-state index in [0.717, 1.165) is 135 Å². The summed E-state index contributed by atoms with van der Waals surface area (Å²) in [7, 11) is -9.77. The lowest BCUT2D eigenvalue weighted by Crippen LogP contribution is -2.30. The van der Waals surface area contributed by atoms with Crippen molar-refractivity contribution in [2.24, 2.45) is 0 Å². The number of aliphatic hydroxyl groups excluding tert-OH is 2. The first-order valence-corrected chi connectivity index (χ1v) is 41.5. The summed E-state index contributed by atoms with van der Waals surface area (Å²) < 4.78 is 61.0. The standard InChI is InChI=1S/C79H140O16P2/c1-4-7-10-13-16-19-22-25-27-28-29-30-31-32-33-34-35-36-37-38-39-40-41-42-43-44-46-49-50-53-56-59-62-65-77(82)89-68-74(80)69-91-96(85,86)92-70-75(81)71-93-97(87,88)94-73-76(95-79(84)67-64-61-58-55-52-47-24-21-18-15-12-9-6-3)72-90-78(83)66-63-60-57-54-51-48-45-26-23-20-17-14-11-8-5-2/h7,10,12,15-16,19,21,24-25,27,29-30,32-33,35-36,74-76,80-81H,4-6,8-9,11,13-14,17-18,20,22-23,26,28,31,34,37-73H2,1-3H3,(H,85,86)(H,87,88)/b10-7-,15-12-,19-16-,24-21-,27-25-,30-29-,33-32-,36-35-. The number of aliphatic hydroxyl groups is 2. The number of phosphoric acid groups is 2. The van der Waals surface area contributed by atoms with Crippen molar-refractivity contribution in [1.82, 2.24) is 0 Å². The second-order valence-corrected chi connectivity index (χ2v) is 28.7. The van der Waals surface area contributed by atoms with E-state index >= 15 is 0 Å². The van der Waals surface area contributed by atoms with E-state index in [-0.39, 0.29) is 19.3 Å². The molecule has 16 nitrogen and oxygen atoms in total. The van der Waals surface area contributed by atoms with Crippen molar-refractivity contribution < 1.29 is 75.8 Å². The van der Waals surface area contributed by atoms with Gasteiger partial charge in [0.25, 0.3) is 0 Å². The molecule has 5 unspecified atom stereocenters. The smallest absolute Gasteiger partial charge is 0.463 e. The summed E-state index contributed by atoms with van der Waals surface area (Å²) in [4.78, 5) is 58.5. The Labute approximate surface area is 590 Å². The molecule has 0 aromatic rings. The average Bonchev–Trinajstić information content (AvgIpc) is 1.49. The number of allylic oxidation sites excluding steroid dienone is 16. The van der Waals surface area contributed by atoms with Gasteiger partial charge in [0, 0.05) is 19.3 Å². The summed E-state index contributed by atoms with van der Waals surface area (Å²) in [5.41, 5.74) is 0. The molecule has 0 spiro atoms. The lowest BCUT2D eigenvalue weighted by molar-refractivity contribution is -0.161. The molecule has 0 aromatic heterocycles. The molecule has 562 valence electrons. The quantitative estimate of drug-likeness (QED) is 0.0146. The van der Waals surface area contributed by atoms with E-state index in [1.54, 1.807) is 0 Å². The predicted molar refractivity (Wildman–Crippen MR) is 399 cm³/mol. The highest BCUT2D eigenvalue weighted by atomic mass is 31.2. The van der Waals surface area contributed by atoms with Crippen LogP contribution < -0.4 is 0 Å². The molecule has 0 aliphatic carbocycles. The van der Waals surface area contributed by atoms with E-state index in [1.165, 1.54) is 135 Å². The molecule has 0 fully saturated rings. The summed E-state index contributed by atoms with van der Waals surface area (Å²) in [6.45, 7) is 2.51. The van der Waals surface area contributed by atoms with Gasteiger partial charge in [0.2, 0.25) is 0 Å². The topological polar surface area (TPSA) is 231 Å². The number of hydrogen-bond donors (Lipinski definition) is 4. The normalized spacial score (nSPS) is 14.6. The van der Waals surface area contributed by atoms with Crippen molar-refractivity contribution in [3.8, 4) is 0 Å². The summed E-state index contributed by atoms with van der Waals surface area (Å²) in [5.74, 6) is -1.58. The third-order valence-corrected chi connectivity index (χ3v) is 18.2. The lowest BCUT2D eigenvalue weighted by atomic mass is 10.0. The number of ether oxygens (including phenoxy) is 3. The first-order valence-electron chi connectivity index (χ1n) is 38.5. The molecule has 0 amide bonds. The average molecular weight is 1410 g/mol. The molecule has 0 heterocycles. The molecular weight excluding hydrogens is 1270 g/mol. The van der Waals surface area contributed by atoms with Crippen molar-refractivity contribution >= 4 is 33.6 Å². The van der Waals surface area contributed by atoms with Gasteiger partial charge in [-0.3, -0.25) is 32.5 Å². The first kappa shape index (κ1) is 93.5. The van der Waals surface area contributed by atoms with Crippen LogP contribution in [0.15, 0.2) is 97.2 Å². The SMILES string of the molecule is CC/C=C\C/C=C\C/C=C\C/C=C\C/C=C\C/C=C\CCCCCCCCCCCCCCCCC(=O)OCC(O)COP(=O)(O)OCC(O)COP(=O)(O)OCC(COC(=O)CCCCCCCCCCCCCCCCC)OC(=O)CCCCCCC/C=C\C/C=C\CCC. The number of carbonyl (C=O) groups excluding carboxylic acids is 3. The minimum atomic E-state index is -4.92. The number of hydrogen-bond acceptors (Lipinski definition) is 14. The Bertz CT molecular complexity index is 2150. The Morgan fingerprint density at radius 3 is 0.907 bits per heavy atom. The molecule has 0 aliphatic rings. The van der Waals surface area contributed by atoms with Crippen molar-refractivity contribution in [2.45, 2.75) is 347 Å². The fourth-order valence-corrected chi connectivity index (χ4v) is 12.0. The molecule has 97 heavy (non-hydrogen) atoms. The van der Waals surface area contributed by atoms with Gasteiger partial charge in [-0.15, -0.1) is 0 Å². The molecule has 0 bridgehead atoms. The maximum Gasteiger partial charge on any atom is 0.472 e. The maximum atomic E-state index is 12.9. The third kappa shape index (κ3) is 73.5. The van der Waals surface area contributed by atoms with Crippen LogP contribution in [0.4, 0.5) is 0 Å². The van der Waals surface area contributed by atoms with E-state index in [0.29, 0.717) is 19.3 Å². The number of esters is 3. The van der Waals surface area contributed by atoms with Crippen molar-refractivity contribution in [1.29, 1.82) is 0 Å². The molecule has 5 atom stereocenters. The Morgan fingerprint density at radius 2 is 0.567 bits per heavy atom. The molecule has 0 saturated heterocycles. The van der Waals surface area contributed by atoms with E-state index in [2.05, 4.69) is 118 Å². The molecule has 0 aromatic carbocycles. The van der Waals surface area contributed by atoms with Crippen molar-refractivity contribution in [2.75, 3.05) is 39.6 Å². The Morgan fingerprint density at radius 1 is 0.299 bits per heavy atom. The van der Waals surface area contributed by atoms with Gasteiger partial charge in [0.1, 0.15) is 25.4 Å². The zero-order chi connectivity index (χ0) is 70.9. The Balaban J connectivity index is 4.36. The summed E-state index contributed by atoms with van der Waals surface area (Å²) in [5, 5.41) is 20.6. The van der Waals surface area contributed by atoms with Gasteiger partial charge in [0.15, 0.2) is 6.10 Å². The van der Waals surface area contributed by atoms with Gasteiger partial charge >= 0.3 is 33.6 Å². The highest BCUT2D eigenvalue weighted by Gasteiger charge is 2.29. The van der Waals surface area contributed by atoms with E-state index in [1.807, 2.05) is 0 Å². The second-order valence-electron chi connectivity index (χ2n) is 25.8. The largest absolute Gasteiger partial charge is 0.472 e. The fraction of sp³-hybridized carbons (Fsp3) is 0.759. The van der Waals surface area contributed by atoms with Gasteiger partial charge < -0.3 is 34.2 Å². The number of rotatable bonds is 73. The Kier molecular flexibility index (Phi) is 69.6. The monoisotopic (exact) mass is 1410 g/mol. The third-order valence-electron chi connectivity index (χ3n) is 16.3. The van der Waals surface area contributed by atoms with E-state index in [9.17, 15) is 43.5 Å². The van der Waals surface area contributed by atoms with Gasteiger partial charge in [-0.1, -0.05) is 311 Å². The summed E-state index contributed by atoms with van der Waals surface area (Å²) in [6, 6.07) is 0. The van der Waals surface area contributed by atoms with Gasteiger partial charge in [-0.2, -0.15) is 0 Å². The van der Waals surface area contributed by atoms with Crippen LogP contribution in [0, 0.1) is 0 Å². The number of carbonyl (C=O) groups is 3. The van der Waals surface area contributed by atoms with Crippen LogP contribution in [0.2, 0.25) is 0 Å². The number of phosphoric ester groups is 2. The highest BCUT2D eigenvalue weighted by Crippen LogP contribution is 2.45. The highest BCUT2D eigenvalue weighted by molar-refractivity contribution is 7.47. The van der Waals surface area contributed by atoms with Gasteiger partial charge in [-0.25, -0.2) is 9.13 Å².